The molecule has 0 saturated heterocycles. The number of anilines is 2. The number of hydrogen-bond donors (Lipinski definition) is 1. The largest absolute Gasteiger partial charge is 0.355 e. The lowest BCUT2D eigenvalue weighted by molar-refractivity contribution is 0.769. The molecule has 1 heterocycles. The molecular formula is C15H15N. The summed E-state index contributed by atoms with van der Waals surface area (Å²) >= 11 is 0. The van der Waals surface area contributed by atoms with Gasteiger partial charge >= 0.3 is 0 Å². The first-order chi connectivity index (χ1) is 7.84. The van der Waals surface area contributed by atoms with E-state index in [1.165, 1.54) is 22.5 Å². The Morgan fingerprint density at radius 1 is 0.938 bits per heavy atom. The second-order valence-electron chi connectivity index (χ2n) is 4.47. The Labute approximate surface area is 96.1 Å². The molecule has 0 aromatic heterocycles. The number of rotatable bonds is 0. The Hall–Kier alpha value is -1.76. The van der Waals surface area contributed by atoms with Gasteiger partial charge in [0, 0.05) is 11.4 Å². The number of fused-ring (bicyclic) bond motifs is 2. The fourth-order valence-corrected chi connectivity index (χ4v) is 2.45. The first kappa shape index (κ1) is 9.46. The minimum atomic E-state index is 0.576. The molecule has 80 valence electrons. The average Bonchev–Trinajstić information content (AvgIpc) is 2.45. The van der Waals surface area contributed by atoms with E-state index in [1.807, 2.05) is 0 Å². The molecule has 1 atom stereocenters. The molecule has 0 bridgehead atoms. The molecule has 1 heteroatoms. The van der Waals surface area contributed by atoms with E-state index >= 15 is 0 Å². The van der Waals surface area contributed by atoms with Gasteiger partial charge in [-0.25, -0.2) is 0 Å². The van der Waals surface area contributed by atoms with Crippen molar-refractivity contribution >= 4 is 11.4 Å². The molecule has 0 aliphatic carbocycles. The van der Waals surface area contributed by atoms with Gasteiger partial charge in [0.25, 0.3) is 0 Å². The lowest BCUT2D eigenvalue weighted by atomic mass is 9.94. The summed E-state index contributed by atoms with van der Waals surface area (Å²) in [6.45, 7) is 2.29. The Kier molecular flexibility index (Phi) is 2.17. The van der Waals surface area contributed by atoms with Crippen molar-refractivity contribution in [2.75, 3.05) is 5.32 Å². The van der Waals surface area contributed by atoms with Crippen LogP contribution in [-0.4, -0.2) is 0 Å². The Morgan fingerprint density at radius 3 is 2.50 bits per heavy atom. The molecule has 16 heavy (non-hydrogen) atoms. The Bertz CT molecular complexity index is 516. The zero-order chi connectivity index (χ0) is 11.0. The zero-order valence-electron chi connectivity index (χ0n) is 9.40. The maximum Gasteiger partial charge on any atom is 0.0419 e. The van der Waals surface area contributed by atoms with Crippen LogP contribution in [0.1, 0.15) is 24.0 Å². The monoisotopic (exact) mass is 209 g/mol. The van der Waals surface area contributed by atoms with Gasteiger partial charge in [0.05, 0.1) is 0 Å². The molecular weight excluding hydrogens is 194 g/mol. The third kappa shape index (κ3) is 1.49. The highest BCUT2D eigenvalue weighted by Crippen LogP contribution is 2.35. The highest BCUT2D eigenvalue weighted by Gasteiger charge is 2.17. The highest BCUT2D eigenvalue weighted by molar-refractivity contribution is 5.68. The summed E-state index contributed by atoms with van der Waals surface area (Å²) in [6, 6.07) is 17.2. The molecule has 0 unspecified atom stereocenters. The fraction of sp³-hybridized carbons (Fsp3) is 0.200. The third-order valence-electron chi connectivity index (χ3n) is 3.30. The molecule has 0 saturated carbocycles. The molecule has 1 N–H and O–H groups in total. The van der Waals surface area contributed by atoms with Gasteiger partial charge in [0.2, 0.25) is 0 Å². The van der Waals surface area contributed by atoms with Crippen molar-refractivity contribution in [3.63, 3.8) is 0 Å². The molecule has 0 amide bonds. The quantitative estimate of drug-likeness (QED) is 0.689. The van der Waals surface area contributed by atoms with Crippen LogP contribution in [0, 0.1) is 0 Å². The third-order valence-corrected chi connectivity index (χ3v) is 3.30. The van der Waals surface area contributed by atoms with Crippen molar-refractivity contribution in [1.29, 1.82) is 0 Å². The first-order valence-corrected chi connectivity index (χ1v) is 5.78. The molecule has 3 rings (SSSR count). The number of benzene rings is 2. The van der Waals surface area contributed by atoms with Gasteiger partial charge in [-0.1, -0.05) is 43.3 Å². The summed E-state index contributed by atoms with van der Waals surface area (Å²) in [7, 11) is 0. The van der Waals surface area contributed by atoms with Gasteiger partial charge in [-0.15, -0.1) is 0 Å². The Morgan fingerprint density at radius 2 is 1.62 bits per heavy atom. The van der Waals surface area contributed by atoms with E-state index in [0.29, 0.717) is 5.92 Å². The normalized spacial score (nSPS) is 17.9. The van der Waals surface area contributed by atoms with E-state index < -0.39 is 0 Å². The van der Waals surface area contributed by atoms with E-state index in [4.69, 9.17) is 0 Å². The summed E-state index contributed by atoms with van der Waals surface area (Å²) in [5, 5.41) is 3.53. The number of nitrogens with one attached hydrogen (secondary N) is 1. The summed E-state index contributed by atoms with van der Waals surface area (Å²) in [4.78, 5) is 0. The van der Waals surface area contributed by atoms with Crippen LogP contribution in [0.4, 0.5) is 11.4 Å². The van der Waals surface area contributed by atoms with Gasteiger partial charge in [0.15, 0.2) is 0 Å². The van der Waals surface area contributed by atoms with Crippen molar-refractivity contribution in [2.24, 2.45) is 0 Å². The summed E-state index contributed by atoms with van der Waals surface area (Å²) in [6.07, 6.45) is 1.11. The molecule has 0 fully saturated rings. The van der Waals surface area contributed by atoms with Crippen LogP contribution in [0.3, 0.4) is 0 Å². The molecule has 1 nitrogen and oxygen atoms in total. The topological polar surface area (TPSA) is 12.0 Å². The van der Waals surface area contributed by atoms with Crippen LogP contribution in [0.2, 0.25) is 0 Å². The van der Waals surface area contributed by atoms with E-state index in [1.54, 1.807) is 0 Å². The van der Waals surface area contributed by atoms with E-state index in [2.05, 4.69) is 60.8 Å². The zero-order valence-corrected chi connectivity index (χ0v) is 9.40. The lowest BCUT2D eigenvalue weighted by Crippen LogP contribution is -1.96. The molecule has 1 aliphatic heterocycles. The van der Waals surface area contributed by atoms with Crippen molar-refractivity contribution < 1.29 is 0 Å². The van der Waals surface area contributed by atoms with Gasteiger partial charge in [-0.3, -0.25) is 0 Å². The van der Waals surface area contributed by atoms with Crippen molar-refractivity contribution in [2.45, 2.75) is 19.3 Å². The van der Waals surface area contributed by atoms with Crippen molar-refractivity contribution in [1.82, 2.24) is 0 Å². The Balaban J connectivity index is 2.15. The van der Waals surface area contributed by atoms with Crippen LogP contribution in [0.25, 0.3) is 0 Å². The molecule has 2 aromatic carbocycles. The van der Waals surface area contributed by atoms with Crippen LogP contribution in [0.5, 0.6) is 0 Å². The molecule has 2 aromatic rings. The first-order valence-electron chi connectivity index (χ1n) is 5.78. The molecule has 0 radical (unpaired) electrons. The highest BCUT2D eigenvalue weighted by atomic mass is 14.9. The number of para-hydroxylation sites is 2. The second kappa shape index (κ2) is 3.67. The second-order valence-corrected chi connectivity index (χ2v) is 4.47. The fourth-order valence-electron chi connectivity index (χ4n) is 2.45. The van der Waals surface area contributed by atoms with Gasteiger partial charge in [0.1, 0.15) is 0 Å². The smallest absolute Gasteiger partial charge is 0.0419 e. The van der Waals surface area contributed by atoms with Crippen LogP contribution < -0.4 is 5.32 Å². The minimum absolute atomic E-state index is 0.576. The van der Waals surface area contributed by atoms with Crippen molar-refractivity contribution in [3.05, 3.63) is 59.7 Å². The van der Waals surface area contributed by atoms with E-state index in [-0.39, 0.29) is 0 Å². The van der Waals surface area contributed by atoms with Crippen molar-refractivity contribution in [3.8, 4) is 0 Å². The SMILES string of the molecule is C[C@H]1Cc2ccccc2Nc2ccccc21. The van der Waals surface area contributed by atoms with E-state index in [0.717, 1.165) is 6.42 Å². The summed E-state index contributed by atoms with van der Waals surface area (Å²) < 4.78 is 0. The van der Waals surface area contributed by atoms with Crippen LogP contribution in [0.15, 0.2) is 48.5 Å². The molecule has 1 aliphatic rings. The molecule has 0 spiro atoms. The van der Waals surface area contributed by atoms with Gasteiger partial charge in [-0.05, 0) is 35.6 Å². The lowest BCUT2D eigenvalue weighted by Gasteiger charge is -2.11. The standard InChI is InChI=1S/C15H15N/c1-11-10-12-6-2-4-8-14(12)16-15-9-5-3-7-13(11)15/h2-9,11,16H,10H2,1H3/t11-/m0/s1. The average molecular weight is 209 g/mol. The minimum Gasteiger partial charge on any atom is -0.355 e. The van der Waals surface area contributed by atoms with Crippen LogP contribution in [-0.2, 0) is 6.42 Å². The maximum absolute atomic E-state index is 3.53. The predicted octanol–water partition coefficient (Wildman–Crippen LogP) is 4.09. The summed E-state index contributed by atoms with van der Waals surface area (Å²) in [5.41, 5.74) is 5.32. The maximum atomic E-state index is 3.53. The van der Waals surface area contributed by atoms with Gasteiger partial charge < -0.3 is 5.32 Å². The van der Waals surface area contributed by atoms with Gasteiger partial charge in [-0.2, -0.15) is 0 Å². The van der Waals surface area contributed by atoms with Crippen LogP contribution >= 0.6 is 0 Å². The summed E-state index contributed by atoms with van der Waals surface area (Å²) in [5.74, 6) is 0.576. The predicted molar refractivity (Wildman–Crippen MR) is 68.3 cm³/mol. The van der Waals surface area contributed by atoms with E-state index in [9.17, 15) is 0 Å². The number of hydrogen-bond acceptors (Lipinski definition) is 1.